The molecule has 0 spiro atoms. The molecule has 108 valence electrons. The molecule has 0 bridgehead atoms. The average Bonchev–Trinajstić information content (AvgIpc) is 2.71. The first-order chi connectivity index (χ1) is 9.26. The molecule has 0 unspecified atom stereocenters. The summed E-state index contributed by atoms with van der Waals surface area (Å²) in [7, 11) is 1.98. The third-order valence-electron chi connectivity index (χ3n) is 3.49. The standard InChI is InChI=1S/C17H25N3/c1-12-7-8-14(9-13(12)2)16-15(11-20(6)19-16)10-18-17(3,4)5/h7-9,11,18H,10H2,1-6H3. The zero-order chi connectivity index (χ0) is 14.9. The van der Waals surface area contributed by atoms with Gasteiger partial charge in [-0.1, -0.05) is 12.1 Å². The first-order valence-electron chi connectivity index (χ1n) is 7.11. The van der Waals surface area contributed by atoms with Gasteiger partial charge in [0, 0.05) is 36.5 Å². The van der Waals surface area contributed by atoms with Crippen LogP contribution >= 0.6 is 0 Å². The van der Waals surface area contributed by atoms with Crippen molar-refractivity contribution in [3.8, 4) is 11.3 Å². The van der Waals surface area contributed by atoms with Crippen LogP contribution in [0.5, 0.6) is 0 Å². The Kier molecular flexibility index (Phi) is 4.00. The Morgan fingerprint density at radius 1 is 1.15 bits per heavy atom. The molecule has 0 aliphatic heterocycles. The van der Waals surface area contributed by atoms with Gasteiger partial charge in [0.25, 0.3) is 0 Å². The predicted molar refractivity (Wildman–Crippen MR) is 84.7 cm³/mol. The summed E-state index contributed by atoms with van der Waals surface area (Å²) in [4.78, 5) is 0. The summed E-state index contributed by atoms with van der Waals surface area (Å²) in [6, 6.07) is 6.55. The van der Waals surface area contributed by atoms with E-state index in [9.17, 15) is 0 Å². The maximum atomic E-state index is 4.63. The molecule has 0 aliphatic carbocycles. The van der Waals surface area contributed by atoms with E-state index in [2.05, 4.69) is 69.4 Å². The SMILES string of the molecule is Cc1ccc(-c2nn(C)cc2CNC(C)(C)C)cc1C. The topological polar surface area (TPSA) is 29.9 Å². The van der Waals surface area contributed by atoms with E-state index in [1.165, 1.54) is 22.3 Å². The van der Waals surface area contributed by atoms with Crippen LogP contribution in [0.25, 0.3) is 11.3 Å². The lowest BCUT2D eigenvalue weighted by atomic mass is 10.0. The van der Waals surface area contributed by atoms with Crippen LogP contribution in [-0.4, -0.2) is 15.3 Å². The fourth-order valence-electron chi connectivity index (χ4n) is 2.16. The number of benzene rings is 1. The molecule has 2 rings (SSSR count). The van der Waals surface area contributed by atoms with Gasteiger partial charge in [0.05, 0.1) is 5.69 Å². The Balaban J connectivity index is 2.33. The number of nitrogens with zero attached hydrogens (tertiary/aromatic N) is 2. The number of aromatic nitrogens is 2. The van der Waals surface area contributed by atoms with Crippen molar-refractivity contribution < 1.29 is 0 Å². The lowest BCUT2D eigenvalue weighted by Crippen LogP contribution is -2.35. The third-order valence-corrected chi connectivity index (χ3v) is 3.49. The van der Waals surface area contributed by atoms with Crippen molar-refractivity contribution in [3.63, 3.8) is 0 Å². The highest BCUT2D eigenvalue weighted by Gasteiger charge is 2.14. The lowest BCUT2D eigenvalue weighted by Gasteiger charge is -2.20. The second-order valence-corrected chi connectivity index (χ2v) is 6.58. The smallest absolute Gasteiger partial charge is 0.0968 e. The quantitative estimate of drug-likeness (QED) is 0.924. The van der Waals surface area contributed by atoms with Crippen molar-refractivity contribution in [2.75, 3.05) is 0 Å². The van der Waals surface area contributed by atoms with E-state index in [1.807, 2.05) is 11.7 Å². The number of rotatable bonds is 3. The van der Waals surface area contributed by atoms with Gasteiger partial charge in [0.1, 0.15) is 0 Å². The Morgan fingerprint density at radius 3 is 2.45 bits per heavy atom. The van der Waals surface area contributed by atoms with Crippen LogP contribution in [0, 0.1) is 13.8 Å². The molecular formula is C17H25N3. The first-order valence-corrected chi connectivity index (χ1v) is 7.11. The van der Waals surface area contributed by atoms with Gasteiger partial charge < -0.3 is 5.32 Å². The van der Waals surface area contributed by atoms with Crippen LogP contribution in [0.1, 0.15) is 37.5 Å². The molecule has 1 N–H and O–H groups in total. The van der Waals surface area contributed by atoms with E-state index in [4.69, 9.17) is 0 Å². The van der Waals surface area contributed by atoms with E-state index in [1.54, 1.807) is 0 Å². The molecule has 0 aliphatic rings. The minimum atomic E-state index is 0.107. The lowest BCUT2D eigenvalue weighted by molar-refractivity contribution is 0.424. The van der Waals surface area contributed by atoms with Gasteiger partial charge in [-0.25, -0.2) is 0 Å². The Morgan fingerprint density at radius 2 is 1.85 bits per heavy atom. The van der Waals surface area contributed by atoms with Crippen LogP contribution < -0.4 is 5.32 Å². The van der Waals surface area contributed by atoms with Crippen molar-refractivity contribution in [2.24, 2.45) is 7.05 Å². The fourth-order valence-corrected chi connectivity index (χ4v) is 2.16. The summed E-state index contributed by atoms with van der Waals surface area (Å²) < 4.78 is 1.89. The van der Waals surface area contributed by atoms with Gasteiger partial charge in [-0.2, -0.15) is 5.10 Å². The maximum absolute atomic E-state index is 4.63. The second-order valence-electron chi connectivity index (χ2n) is 6.58. The number of hydrogen-bond acceptors (Lipinski definition) is 2. The van der Waals surface area contributed by atoms with Gasteiger partial charge in [0.2, 0.25) is 0 Å². The molecule has 20 heavy (non-hydrogen) atoms. The molecule has 0 saturated carbocycles. The van der Waals surface area contributed by atoms with Crippen LogP contribution in [0.4, 0.5) is 0 Å². The van der Waals surface area contributed by atoms with Gasteiger partial charge in [-0.15, -0.1) is 0 Å². The Labute approximate surface area is 122 Å². The summed E-state index contributed by atoms with van der Waals surface area (Å²) in [5.41, 5.74) is 6.25. The zero-order valence-corrected chi connectivity index (χ0v) is 13.4. The van der Waals surface area contributed by atoms with Crippen molar-refractivity contribution in [1.29, 1.82) is 0 Å². The van der Waals surface area contributed by atoms with Crippen LogP contribution in [0.15, 0.2) is 24.4 Å². The number of aryl methyl sites for hydroxylation is 3. The summed E-state index contributed by atoms with van der Waals surface area (Å²) in [6.07, 6.45) is 2.10. The van der Waals surface area contributed by atoms with Gasteiger partial charge in [-0.05, 0) is 51.8 Å². The number of hydrogen-bond donors (Lipinski definition) is 1. The summed E-state index contributed by atoms with van der Waals surface area (Å²) in [5.74, 6) is 0. The van der Waals surface area contributed by atoms with Gasteiger partial charge >= 0.3 is 0 Å². The predicted octanol–water partition coefficient (Wildman–Crippen LogP) is 3.59. The third kappa shape index (κ3) is 3.48. The van der Waals surface area contributed by atoms with Gasteiger partial charge in [0.15, 0.2) is 0 Å². The first kappa shape index (κ1) is 14.8. The van der Waals surface area contributed by atoms with E-state index in [0.29, 0.717) is 0 Å². The molecule has 0 saturated heterocycles. The molecule has 0 fully saturated rings. The van der Waals surface area contributed by atoms with Crippen molar-refractivity contribution in [2.45, 2.75) is 46.7 Å². The maximum Gasteiger partial charge on any atom is 0.0968 e. The molecular weight excluding hydrogens is 246 g/mol. The Bertz CT molecular complexity index is 603. The minimum absolute atomic E-state index is 0.107. The highest BCUT2D eigenvalue weighted by atomic mass is 15.3. The van der Waals surface area contributed by atoms with E-state index >= 15 is 0 Å². The molecule has 2 aromatic rings. The van der Waals surface area contributed by atoms with Crippen molar-refractivity contribution >= 4 is 0 Å². The minimum Gasteiger partial charge on any atom is -0.308 e. The summed E-state index contributed by atoms with van der Waals surface area (Å²) >= 11 is 0. The molecule has 0 amide bonds. The van der Waals surface area contributed by atoms with Crippen LogP contribution in [-0.2, 0) is 13.6 Å². The van der Waals surface area contributed by atoms with Crippen molar-refractivity contribution in [1.82, 2.24) is 15.1 Å². The normalized spacial score (nSPS) is 11.9. The molecule has 1 aromatic carbocycles. The molecule has 0 radical (unpaired) electrons. The van der Waals surface area contributed by atoms with Crippen LogP contribution in [0.2, 0.25) is 0 Å². The van der Waals surface area contributed by atoms with E-state index < -0.39 is 0 Å². The molecule has 0 atom stereocenters. The van der Waals surface area contributed by atoms with Crippen LogP contribution in [0.3, 0.4) is 0 Å². The zero-order valence-electron chi connectivity index (χ0n) is 13.4. The molecule has 1 heterocycles. The highest BCUT2D eigenvalue weighted by molar-refractivity contribution is 5.64. The van der Waals surface area contributed by atoms with Gasteiger partial charge in [-0.3, -0.25) is 4.68 Å². The fraction of sp³-hybridized carbons (Fsp3) is 0.471. The summed E-state index contributed by atoms with van der Waals surface area (Å²) in [5, 5.41) is 8.16. The Hall–Kier alpha value is -1.61. The average molecular weight is 271 g/mol. The summed E-state index contributed by atoms with van der Waals surface area (Å²) in [6.45, 7) is 11.7. The monoisotopic (exact) mass is 271 g/mol. The number of nitrogens with one attached hydrogen (secondary N) is 1. The van der Waals surface area contributed by atoms with E-state index in [-0.39, 0.29) is 5.54 Å². The molecule has 3 heteroatoms. The highest BCUT2D eigenvalue weighted by Crippen LogP contribution is 2.24. The second kappa shape index (κ2) is 5.41. The largest absolute Gasteiger partial charge is 0.308 e. The molecule has 3 nitrogen and oxygen atoms in total. The molecule has 1 aromatic heterocycles. The van der Waals surface area contributed by atoms with Crippen molar-refractivity contribution in [3.05, 3.63) is 41.1 Å². The van der Waals surface area contributed by atoms with E-state index in [0.717, 1.165) is 12.2 Å².